The first kappa shape index (κ1) is 14.6. The zero-order chi connectivity index (χ0) is 14.9. The lowest BCUT2D eigenvalue weighted by Crippen LogP contribution is -2.14. The lowest BCUT2D eigenvalue weighted by molar-refractivity contribution is 0.601. The van der Waals surface area contributed by atoms with Gasteiger partial charge in [-0.15, -0.1) is 0 Å². The van der Waals surface area contributed by atoms with E-state index in [4.69, 9.17) is 17.3 Å². The fourth-order valence-corrected chi connectivity index (χ4v) is 2.88. The summed E-state index contributed by atoms with van der Waals surface area (Å²) in [5.41, 5.74) is 7.93. The van der Waals surface area contributed by atoms with Crippen LogP contribution in [0, 0.1) is 13.8 Å². The average molecular weight is 312 g/mol. The molecule has 0 saturated heterocycles. The highest BCUT2D eigenvalue weighted by Gasteiger charge is 2.17. The number of pyridine rings is 1. The molecule has 7 heteroatoms. The van der Waals surface area contributed by atoms with E-state index in [1.54, 1.807) is 12.1 Å². The molecule has 0 fully saturated rings. The highest BCUT2D eigenvalue weighted by atomic mass is 35.5. The molecule has 3 N–H and O–H groups in total. The lowest BCUT2D eigenvalue weighted by atomic mass is 10.1. The van der Waals surface area contributed by atoms with E-state index in [0.717, 1.165) is 11.1 Å². The Labute approximate surface area is 122 Å². The van der Waals surface area contributed by atoms with Gasteiger partial charge in [0.25, 0.3) is 10.0 Å². The fraction of sp³-hybridized carbons (Fsp3) is 0.154. The minimum absolute atomic E-state index is 0.106. The van der Waals surface area contributed by atoms with Crippen LogP contribution in [0.25, 0.3) is 0 Å². The summed E-state index contributed by atoms with van der Waals surface area (Å²) in [5, 5.41) is 0.434. The van der Waals surface area contributed by atoms with Crippen LogP contribution in [-0.4, -0.2) is 13.4 Å². The van der Waals surface area contributed by atoms with Crippen LogP contribution in [0.3, 0.4) is 0 Å². The number of anilines is 2. The van der Waals surface area contributed by atoms with Crippen molar-refractivity contribution in [3.63, 3.8) is 0 Å². The second-order valence-electron chi connectivity index (χ2n) is 4.42. The lowest BCUT2D eigenvalue weighted by Gasteiger charge is -2.11. The van der Waals surface area contributed by atoms with Crippen molar-refractivity contribution < 1.29 is 8.42 Å². The number of hydrogen-bond acceptors (Lipinski definition) is 4. The molecule has 0 spiro atoms. The Hall–Kier alpha value is -1.79. The van der Waals surface area contributed by atoms with Crippen molar-refractivity contribution in [2.45, 2.75) is 18.7 Å². The normalized spacial score (nSPS) is 11.3. The zero-order valence-electron chi connectivity index (χ0n) is 11.0. The van der Waals surface area contributed by atoms with Crippen molar-refractivity contribution in [3.8, 4) is 0 Å². The van der Waals surface area contributed by atoms with Gasteiger partial charge in [-0.1, -0.05) is 11.6 Å². The predicted molar refractivity (Wildman–Crippen MR) is 80.4 cm³/mol. The van der Waals surface area contributed by atoms with E-state index in [1.165, 1.54) is 18.3 Å². The van der Waals surface area contributed by atoms with Gasteiger partial charge in [-0.25, -0.2) is 13.4 Å². The summed E-state index contributed by atoms with van der Waals surface area (Å²) in [6.07, 6.45) is 1.37. The molecule has 1 heterocycles. The Bertz CT molecular complexity index is 720. The molecule has 0 unspecified atom stereocenters. The zero-order valence-corrected chi connectivity index (χ0v) is 12.6. The van der Waals surface area contributed by atoms with E-state index in [2.05, 4.69) is 9.71 Å². The summed E-state index contributed by atoms with van der Waals surface area (Å²) < 4.78 is 26.9. The number of aromatic nitrogens is 1. The highest BCUT2D eigenvalue weighted by molar-refractivity contribution is 7.92. The van der Waals surface area contributed by atoms with Gasteiger partial charge in [0.05, 0.1) is 9.92 Å². The minimum atomic E-state index is -3.72. The summed E-state index contributed by atoms with van der Waals surface area (Å²) in [7, 11) is -3.72. The van der Waals surface area contributed by atoms with E-state index in [9.17, 15) is 8.42 Å². The van der Waals surface area contributed by atoms with Crippen molar-refractivity contribution in [1.29, 1.82) is 0 Å². The number of benzene rings is 1. The fourth-order valence-electron chi connectivity index (χ4n) is 1.64. The van der Waals surface area contributed by atoms with Crippen LogP contribution in [0.5, 0.6) is 0 Å². The minimum Gasteiger partial charge on any atom is -0.398 e. The SMILES string of the molecule is Cc1cc(S(=O)(=O)Nc2ccc(Cl)cn2)cc(N)c1C. The van der Waals surface area contributed by atoms with E-state index < -0.39 is 10.0 Å². The quantitative estimate of drug-likeness (QED) is 0.853. The molecule has 0 atom stereocenters. The average Bonchev–Trinajstić information content (AvgIpc) is 2.38. The molecule has 20 heavy (non-hydrogen) atoms. The van der Waals surface area contributed by atoms with Crippen LogP contribution in [0.15, 0.2) is 35.4 Å². The van der Waals surface area contributed by atoms with Gasteiger partial charge in [0.1, 0.15) is 5.82 Å². The van der Waals surface area contributed by atoms with Crippen molar-refractivity contribution in [1.82, 2.24) is 4.98 Å². The molecule has 0 aliphatic carbocycles. The second kappa shape index (κ2) is 5.30. The molecule has 106 valence electrons. The van der Waals surface area contributed by atoms with Gasteiger partial charge >= 0.3 is 0 Å². The maximum Gasteiger partial charge on any atom is 0.263 e. The Morgan fingerprint density at radius 1 is 1.25 bits per heavy atom. The van der Waals surface area contributed by atoms with E-state index in [-0.39, 0.29) is 10.7 Å². The van der Waals surface area contributed by atoms with Crippen LogP contribution >= 0.6 is 11.6 Å². The van der Waals surface area contributed by atoms with Gasteiger partial charge in [-0.05, 0) is 49.2 Å². The molecule has 2 aromatic rings. The third kappa shape index (κ3) is 3.02. The van der Waals surface area contributed by atoms with Crippen LogP contribution in [0.2, 0.25) is 5.02 Å². The highest BCUT2D eigenvalue weighted by Crippen LogP contribution is 2.23. The molecular formula is C13H14ClN3O2S. The van der Waals surface area contributed by atoms with Gasteiger partial charge < -0.3 is 5.73 Å². The number of nitrogens with zero attached hydrogens (tertiary/aromatic N) is 1. The van der Waals surface area contributed by atoms with Crippen LogP contribution in [-0.2, 0) is 10.0 Å². The van der Waals surface area contributed by atoms with Gasteiger partial charge in [0.15, 0.2) is 0 Å². The van der Waals surface area contributed by atoms with Crippen molar-refractivity contribution in [3.05, 3.63) is 46.6 Å². The Kier molecular flexibility index (Phi) is 3.87. The van der Waals surface area contributed by atoms with E-state index in [1.807, 2.05) is 13.8 Å². The van der Waals surface area contributed by atoms with Gasteiger partial charge in [-0.2, -0.15) is 0 Å². The summed E-state index contributed by atoms with van der Waals surface area (Å²) in [6.45, 7) is 3.65. The molecule has 0 aliphatic rings. The maximum atomic E-state index is 12.3. The molecular weight excluding hydrogens is 298 g/mol. The standard InChI is InChI=1S/C13H14ClN3O2S/c1-8-5-11(6-12(15)9(8)2)20(18,19)17-13-4-3-10(14)7-16-13/h3-7H,15H2,1-2H3,(H,16,17). The first-order valence-corrected chi connectivity index (χ1v) is 7.67. The molecule has 0 radical (unpaired) electrons. The molecule has 2 rings (SSSR count). The van der Waals surface area contributed by atoms with Crippen molar-refractivity contribution in [2.75, 3.05) is 10.5 Å². The number of nitrogen functional groups attached to an aromatic ring is 1. The topological polar surface area (TPSA) is 85.1 Å². The summed E-state index contributed by atoms with van der Waals surface area (Å²) in [4.78, 5) is 4.00. The third-order valence-corrected chi connectivity index (χ3v) is 4.52. The number of hydrogen-bond donors (Lipinski definition) is 2. The molecule has 0 saturated carbocycles. The molecule has 0 bridgehead atoms. The third-order valence-electron chi connectivity index (χ3n) is 2.96. The van der Waals surface area contributed by atoms with Crippen molar-refractivity contribution in [2.24, 2.45) is 0 Å². The first-order valence-electron chi connectivity index (χ1n) is 5.81. The van der Waals surface area contributed by atoms with Crippen LogP contribution in [0.1, 0.15) is 11.1 Å². The second-order valence-corrected chi connectivity index (χ2v) is 6.54. The maximum absolute atomic E-state index is 12.3. The molecule has 1 aromatic heterocycles. The Morgan fingerprint density at radius 3 is 2.50 bits per heavy atom. The molecule has 0 aliphatic heterocycles. The number of rotatable bonds is 3. The summed E-state index contributed by atoms with van der Waals surface area (Å²) in [5.74, 6) is 0.200. The number of halogens is 1. The first-order chi connectivity index (χ1) is 9.29. The summed E-state index contributed by atoms with van der Waals surface area (Å²) >= 11 is 5.70. The molecule has 5 nitrogen and oxygen atoms in total. The number of nitrogens with one attached hydrogen (secondary N) is 1. The smallest absolute Gasteiger partial charge is 0.263 e. The molecule has 1 aromatic carbocycles. The van der Waals surface area contributed by atoms with Crippen LogP contribution < -0.4 is 10.5 Å². The number of aryl methyl sites for hydroxylation is 1. The largest absolute Gasteiger partial charge is 0.398 e. The molecule has 0 amide bonds. The van der Waals surface area contributed by atoms with E-state index in [0.29, 0.717) is 10.7 Å². The number of sulfonamides is 1. The Balaban J connectivity index is 2.38. The monoisotopic (exact) mass is 311 g/mol. The van der Waals surface area contributed by atoms with Gasteiger partial charge in [0, 0.05) is 11.9 Å². The summed E-state index contributed by atoms with van der Waals surface area (Å²) in [6, 6.07) is 6.05. The predicted octanol–water partition coefficient (Wildman–Crippen LogP) is 2.73. The Morgan fingerprint density at radius 2 is 1.95 bits per heavy atom. The van der Waals surface area contributed by atoms with Gasteiger partial charge in [-0.3, -0.25) is 4.72 Å². The van der Waals surface area contributed by atoms with Gasteiger partial charge in [0.2, 0.25) is 0 Å². The van der Waals surface area contributed by atoms with Crippen molar-refractivity contribution >= 4 is 33.1 Å². The van der Waals surface area contributed by atoms with E-state index >= 15 is 0 Å². The number of nitrogens with two attached hydrogens (primary N) is 1. The van der Waals surface area contributed by atoms with Crippen LogP contribution in [0.4, 0.5) is 11.5 Å².